The maximum Gasteiger partial charge on any atom is 0.165 e. The lowest BCUT2D eigenvalue weighted by Crippen LogP contribution is -2.25. The molecule has 0 radical (unpaired) electrons. The first-order valence-electron chi connectivity index (χ1n) is 8.86. The molecule has 2 aliphatic carbocycles. The third-order valence-electron chi connectivity index (χ3n) is 6.09. The zero-order valence-corrected chi connectivity index (χ0v) is 15.6. The molecule has 2 unspecified atom stereocenters. The van der Waals surface area contributed by atoms with E-state index in [-0.39, 0.29) is 0 Å². The second-order valence-electron chi connectivity index (χ2n) is 7.35. The van der Waals surface area contributed by atoms with Crippen molar-refractivity contribution in [3.63, 3.8) is 0 Å². The van der Waals surface area contributed by atoms with Crippen molar-refractivity contribution in [2.45, 2.75) is 31.3 Å². The van der Waals surface area contributed by atoms with Crippen molar-refractivity contribution in [3.05, 3.63) is 35.6 Å². The first-order chi connectivity index (χ1) is 13.2. The molecular weight excluding hydrogens is 387 g/mol. The summed E-state index contributed by atoms with van der Waals surface area (Å²) < 4.78 is 4.33. The van der Waals surface area contributed by atoms with Crippen molar-refractivity contribution in [2.75, 3.05) is 0 Å². The van der Waals surface area contributed by atoms with Gasteiger partial charge in [0.05, 0.1) is 12.7 Å². The van der Waals surface area contributed by atoms with Crippen molar-refractivity contribution < 1.29 is 0 Å². The van der Waals surface area contributed by atoms with Gasteiger partial charge in [-0.05, 0) is 25.2 Å². The molecule has 0 saturated heterocycles. The molecule has 0 N–H and O–H groups in total. The van der Waals surface area contributed by atoms with E-state index >= 15 is 0 Å². The van der Waals surface area contributed by atoms with Gasteiger partial charge >= 0.3 is 0 Å². The molecule has 4 aromatic heterocycles. The van der Waals surface area contributed by atoms with Crippen LogP contribution < -0.4 is 0 Å². The number of hydrogen-bond donors (Lipinski definition) is 0. The number of fused-ring (bicyclic) bond motifs is 4. The maximum atomic E-state index is 6.18. The summed E-state index contributed by atoms with van der Waals surface area (Å²) in [6, 6.07) is 0.638. The molecule has 6 rings (SSSR count). The third-order valence-corrected chi connectivity index (χ3v) is 6.64. The number of halogens is 2. The summed E-state index contributed by atoms with van der Waals surface area (Å²) in [4.78, 5) is 25.8. The van der Waals surface area contributed by atoms with E-state index in [2.05, 4.69) is 39.0 Å². The smallest absolute Gasteiger partial charge is 0.165 e. The first kappa shape index (κ1) is 15.7. The molecule has 10 heteroatoms. The Morgan fingerprint density at radius 2 is 1.22 bits per heavy atom. The lowest BCUT2D eigenvalue weighted by Gasteiger charge is -2.31. The zero-order chi connectivity index (χ0) is 18.1. The molecule has 2 fully saturated rings. The van der Waals surface area contributed by atoms with Crippen LogP contribution in [0.5, 0.6) is 0 Å². The molecule has 0 amide bonds. The molecule has 27 heavy (non-hydrogen) atoms. The molecule has 2 bridgehead atoms. The maximum absolute atomic E-state index is 6.18. The molecule has 8 nitrogen and oxygen atoms in total. The molecule has 2 saturated carbocycles. The van der Waals surface area contributed by atoms with E-state index in [4.69, 9.17) is 23.2 Å². The van der Waals surface area contributed by atoms with Gasteiger partial charge < -0.3 is 9.13 Å². The summed E-state index contributed by atoms with van der Waals surface area (Å²) in [5, 5.41) is 0.788. The van der Waals surface area contributed by atoms with Crippen LogP contribution in [0, 0.1) is 11.8 Å². The highest BCUT2D eigenvalue weighted by molar-refractivity contribution is 6.33. The molecule has 4 heterocycles. The minimum Gasteiger partial charge on any atom is -0.312 e. The summed E-state index contributed by atoms with van der Waals surface area (Å²) >= 11 is 12.4. The number of hydrogen-bond acceptors (Lipinski definition) is 6. The molecule has 0 spiro atoms. The normalized spacial score (nSPS) is 27.2. The molecule has 0 aromatic carbocycles. The Labute approximate surface area is 163 Å². The van der Waals surface area contributed by atoms with Gasteiger partial charge in [0.25, 0.3) is 0 Å². The van der Waals surface area contributed by atoms with Gasteiger partial charge in [0, 0.05) is 18.0 Å². The average Bonchev–Trinajstić information content (AvgIpc) is 3.43. The van der Waals surface area contributed by atoms with E-state index in [1.165, 1.54) is 19.1 Å². The van der Waals surface area contributed by atoms with E-state index in [0.29, 0.717) is 45.3 Å². The Balaban J connectivity index is 1.43. The second kappa shape index (κ2) is 5.59. The SMILES string of the molecule is Clc1ncnc2c1ncn2[C@@H]1CC2CC1[C@@H](n1cnc3c(Cl)ncnc31)C2. The first-order valence-corrected chi connectivity index (χ1v) is 9.62. The molecule has 136 valence electrons. The van der Waals surface area contributed by atoms with Crippen LogP contribution in [0.15, 0.2) is 25.3 Å². The van der Waals surface area contributed by atoms with E-state index < -0.39 is 0 Å². The second-order valence-corrected chi connectivity index (χ2v) is 8.06. The van der Waals surface area contributed by atoms with Gasteiger partial charge in [-0.2, -0.15) is 0 Å². The van der Waals surface area contributed by atoms with Crippen LogP contribution in [-0.2, 0) is 0 Å². The molecule has 4 atom stereocenters. The van der Waals surface area contributed by atoms with Crippen molar-refractivity contribution in [2.24, 2.45) is 11.8 Å². The molecular formula is C17H14Cl2N8. The third kappa shape index (κ3) is 2.17. The van der Waals surface area contributed by atoms with Crippen LogP contribution in [0.1, 0.15) is 31.3 Å². The highest BCUT2D eigenvalue weighted by atomic mass is 35.5. The number of rotatable bonds is 2. The van der Waals surface area contributed by atoms with Gasteiger partial charge in [0.15, 0.2) is 21.6 Å². The Morgan fingerprint density at radius 1 is 0.704 bits per heavy atom. The van der Waals surface area contributed by atoms with Gasteiger partial charge in [-0.1, -0.05) is 23.2 Å². The van der Waals surface area contributed by atoms with Gasteiger partial charge in [0.1, 0.15) is 23.7 Å². The quantitative estimate of drug-likeness (QED) is 0.478. The van der Waals surface area contributed by atoms with Crippen LogP contribution in [-0.4, -0.2) is 39.0 Å². The Kier molecular flexibility index (Phi) is 3.25. The van der Waals surface area contributed by atoms with Crippen molar-refractivity contribution in [1.82, 2.24) is 39.0 Å². The van der Waals surface area contributed by atoms with E-state index in [1.54, 1.807) is 0 Å². The van der Waals surface area contributed by atoms with Crippen LogP contribution in [0.3, 0.4) is 0 Å². The Morgan fingerprint density at radius 3 is 1.70 bits per heavy atom. The minimum absolute atomic E-state index is 0.319. The van der Waals surface area contributed by atoms with E-state index in [1.807, 2.05) is 12.7 Å². The van der Waals surface area contributed by atoms with Crippen LogP contribution >= 0.6 is 23.2 Å². The fourth-order valence-electron chi connectivity index (χ4n) is 5.05. The van der Waals surface area contributed by atoms with Crippen molar-refractivity contribution in [3.8, 4) is 0 Å². The predicted octanol–water partition coefficient (Wildman–Crippen LogP) is 3.49. The highest BCUT2D eigenvalue weighted by Crippen LogP contribution is 2.56. The lowest BCUT2D eigenvalue weighted by atomic mass is 9.90. The van der Waals surface area contributed by atoms with Gasteiger partial charge in [-0.25, -0.2) is 29.9 Å². The van der Waals surface area contributed by atoms with E-state index in [9.17, 15) is 0 Å². The Hall–Kier alpha value is -2.32. The van der Waals surface area contributed by atoms with Gasteiger partial charge in [-0.3, -0.25) is 0 Å². The summed E-state index contributed by atoms with van der Waals surface area (Å²) in [7, 11) is 0. The Bertz CT molecular complexity index is 1090. The van der Waals surface area contributed by atoms with Crippen LogP contribution in [0.25, 0.3) is 22.3 Å². The fourth-order valence-corrected chi connectivity index (χ4v) is 5.40. The molecule has 2 aliphatic rings. The fraction of sp³-hybridized carbons (Fsp3) is 0.412. The molecule has 4 aromatic rings. The van der Waals surface area contributed by atoms with Gasteiger partial charge in [0.2, 0.25) is 0 Å². The monoisotopic (exact) mass is 400 g/mol. The summed E-state index contributed by atoms with van der Waals surface area (Å²) in [5.41, 5.74) is 2.91. The topological polar surface area (TPSA) is 87.2 Å². The molecule has 0 aliphatic heterocycles. The highest BCUT2D eigenvalue weighted by Gasteiger charge is 2.48. The van der Waals surface area contributed by atoms with Crippen molar-refractivity contribution in [1.29, 1.82) is 0 Å². The number of aromatic nitrogens is 8. The zero-order valence-electron chi connectivity index (χ0n) is 14.1. The number of nitrogens with zero attached hydrogens (tertiary/aromatic N) is 8. The average molecular weight is 401 g/mol. The summed E-state index contributed by atoms with van der Waals surface area (Å²) in [6.07, 6.45) is 10.1. The van der Waals surface area contributed by atoms with Gasteiger partial charge in [-0.15, -0.1) is 0 Å². The summed E-state index contributed by atoms with van der Waals surface area (Å²) in [5.74, 6) is 1.11. The van der Waals surface area contributed by atoms with E-state index in [0.717, 1.165) is 24.1 Å². The van der Waals surface area contributed by atoms with Crippen LogP contribution in [0.2, 0.25) is 10.3 Å². The minimum atomic E-state index is 0.319. The predicted molar refractivity (Wildman–Crippen MR) is 99.6 cm³/mol. The number of imidazole rings is 2. The largest absolute Gasteiger partial charge is 0.312 e. The standard InChI is InChI=1S/C17H14Cl2N8/c18-14-12-16(22-4-20-14)26(6-24-12)10-2-8-1-9(10)11(3-8)27-7-25-13-15(19)21-5-23-17(13)27/h4-11H,1-3H2/t8?,9?,10-,11+. The summed E-state index contributed by atoms with van der Waals surface area (Å²) in [6.45, 7) is 0. The van der Waals surface area contributed by atoms with Crippen molar-refractivity contribution >= 4 is 45.5 Å². The lowest BCUT2D eigenvalue weighted by molar-refractivity contribution is 0.247. The van der Waals surface area contributed by atoms with Crippen LogP contribution in [0.4, 0.5) is 0 Å².